The topological polar surface area (TPSA) is 49.9 Å². The molecule has 5 nitrogen and oxygen atoms in total. The van der Waals surface area contributed by atoms with Crippen LogP contribution in [0, 0.1) is 22.2 Å². The summed E-state index contributed by atoms with van der Waals surface area (Å²) in [5.74, 6) is -1.80. The molecule has 2 saturated heterocycles. The van der Waals surface area contributed by atoms with E-state index in [0.29, 0.717) is 11.3 Å². The maximum Gasteiger partial charge on any atom is 0.266 e. The number of fused-ring (bicyclic) bond motifs is 1. The summed E-state index contributed by atoms with van der Waals surface area (Å²) in [6, 6.07) is 20.3. The van der Waals surface area contributed by atoms with Crippen molar-refractivity contribution < 1.29 is 18.8 Å². The van der Waals surface area contributed by atoms with Crippen LogP contribution in [0.15, 0.2) is 72.8 Å². The Kier molecular flexibility index (Phi) is 5.02. The van der Waals surface area contributed by atoms with Gasteiger partial charge in [0.15, 0.2) is 6.10 Å². The van der Waals surface area contributed by atoms with Crippen molar-refractivity contribution in [3.05, 3.63) is 93.3 Å². The van der Waals surface area contributed by atoms with Crippen LogP contribution >= 0.6 is 22.6 Å². The molecule has 0 saturated carbocycles. The van der Waals surface area contributed by atoms with Crippen LogP contribution in [0.3, 0.4) is 0 Å². The van der Waals surface area contributed by atoms with Crippen LogP contribution in [-0.2, 0) is 14.4 Å². The highest BCUT2D eigenvalue weighted by atomic mass is 127. The lowest BCUT2D eigenvalue weighted by molar-refractivity contribution is -0.126. The highest BCUT2D eigenvalue weighted by Crippen LogP contribution is 2.47. The molecule has 3 aromatic carbocycles. The summed E-state index contributed by atoms with van der Waals surface area (Å²) in [6.07, 6.45) is -0.943. The Morgan fingerprint density at radius 1 is 0.935 bits per heavy atom. The molecule has 7 heteroatoms. The first-order chi connectivity index (χ1) is 15.0. The van der Waals surface area contributed by atoms with E-state index in [-0.39, 0.29) is 17.6 Å². The SMILES string of the molecule is Cc1cc(I)ccc1N1C(=O)C2ON(c3ccccc3)C(c3ccc(F)cc3)C2C1=O. The fourth-order valence-corrected chi connectivity index (χ4v) is 4.97. The molecule has 156 valence electrons. The first-order valence-electron chi connectivity index (χ1n) is 9.86. The maximum atomic E-state index is 13.6. The number of benzene rings is 3. The fraction of sp³-hybridized carbons (Fsp3) is 0.167. The minimum absolute atomic E-state index is 0.313. The van der Waals surface area contributed by atoms with E-state index in [0.717, 1.165) is 14.8 Å². The lowest BCUT2D eigenvalue weighted by Crippen LogP contribution is -2.37. The van der Waals surface area contributed by atoms with Gasteiger partial charge in [-0.2, -0.15) is 0 Å². The number of carbonyl (C=O) groups excluding carboxylic acids is 2. The van der Waals surface area contributed by atoms with E-state index in [2.05, 4.69) is 22.6 Å². The second-order valence-corrected chi connectivity index (χ2v) is 8.90. The quantitative estimate of drug-likeness (QED) is 0.363. The molecule has 3 atom stereocenters. The van der Waals surface area contributed by atoms with E-state index < -0.39 is 18.1 Å². The van der Waals surface area contributed by atoms with Crippen LogP contribution in [0.2, 0.25) is 0 Å². The van der Waals surface area contributed by atoms with Gasteiger partial charge in [0.2, 0.25) is 5.91 Å². The number of nitrogens with zero attached hydrogens (tertiary/aromatic N) is 2. The zero-order chi connectivity index (χ0) is 21.7. The van der Waals surface area contributed by atoms with Gasteiger partial charge < -0.3 is 0 Å². The molecule has 0 spiro atoms. The monoisotopic (exact) mass is 528 g/mol. The Hall–Kier alpha value is -2.78. The number of halogens is 2. The van der Waals surface area contributed by atoms with Crippen molar-refractivity contribution in [1.29, 1.82) is 0 Å². The highest BCUT2D eigenvalue weighted by molar-refractivity contribution is 14.1. The number of rotatable bonds is 3. The number of aryl methyl sites for hydroxylation is 1. The van der Waals surface area contributed by atoms with Gasteiger partial charge in [0.25, 0.3) is 5.91 Å². The van der Waals surface area contributed by atoms with E-state index in [9.17, 15) is 14.0 Å². The van der Waals surface area contributed by atoms with Crippen molar-refractivity contribution in [2.24, 2.45) is 5.92 Å². The predicted molar refractivity (Wildman–Crippen MR) is 123 cm³/mol. The molecule has 0 N–H and O–H groups in total. The lowest BCUT2D eigenvalue weighted by atomic mass is 9.90. The summed E-state index contributed by atoms with van der Waals surface area (Å²) >= 11 is 2.19. The van der Waals surface area contributed by atoms with Crippen molar-refractivity contribution in [1.82, 2.24) is 0 Å². The van der Waals surface area contributed by atoms with Crippen LogP contribution < -0.4 is 9.96 Å². The van der Waals surface area contributed by atoms with Crippen molar-refractivity contribution in [2.75, 3.05) is 9.96 Å². The second-order valence-electron chi connectivity index (χ2n) is 7.65. The Balaban J connectivity index is 1.59. The van der Waals surface area contributed by atoms with Crippen molar-refractivity contribution in [3.8, 4) is 0 Å². The second kappa shape index (κ2) is 7.72. The zero-order valence-corrected chi connectivity index (χ0v) is 18.7. The summed E-state index contributed by atoms with van der Waals surface area (Å²) in [5.41, 5.74) is 2.84. The average Bonchev–Trinajstić information content (AvgIpc) is 3.26. The maximum absolute atomic E-state index is 13.6. The van der Waals surface area contributed by atoms with Gasteiger partial charge in [-0.3, -0.25) is 14.4 Å². The Morgan fingerprint density at radius 3 is 2.32 bits per heavy atom. The van der Waals surface area contributed by atoms with Crippen molar-refractivity contribution in [3.63, 3.8) is 0 Å². The van der Waals surface area contributed by atoms with Crippen LogP contribution in [0.25, 0.3) is 0 Å². The Labute approximate surface area is 192 Å². The third kappa shape index (κ3) is 3.32. The standard InChI is InChI=1S/C24H18FIN2O3/c1-14-13-17(26)11-12-19(14)27-23(29)20-21(15-7-9-16(25)10-8-15)28(31-22(20)24(27)30)18-5-3-2-4-6-18/h2-13,20-22H,1H3. The molecule has 0 aliphatic carbocycles. The highest BCUT2D eigenvalue weighted by Gasteiger charge is 2.60. The number of hydroxylamine groups is 1. The summed E-state index contributed by atoms with van der Waals surface area (Å²) in [7, 11) is 0. The minimum Gasteiger partial charge on any atom is -0.273 e. The number of anilines is 2. The van der Waals surface area contributed by atoms with Crippen LogP contribution in [0.5, 0.6) is 0 Å². The first kappa shape index (κ1) is 20.1. The van der Waals surface area contributed by atoms with Gasteiger partial charge >= 0.3 is 0 Å². The van der Waals surface area contributed by atoms with Gasteiger partial charge in [-0.05, 0) is 83.1 Å². The molecule has 3 aromatic rings. The number of amides is 2. The molecule has 2 aliphatic heterocycles. The molecule has 3 unspecified atom stereocenters. The fourth-order valence-electron chi connectivity index (χ4n) is 4.32. The molecule has 0 radical (unpaired) electrons. The van der Waals surface area contributed by atoms with E-state index in [1.54, 1.807) is 23.3 Å². The normalized spacial score (nSPS) is 22.9. The largest absolute Gasteiger partial charge is 0.273 e. The van der Waals surface area contributed by atoms with E-state index in [1.807, 2.05) is 49.4 Å². The predicted octanol–water partition coefficient (Wildman–Crippen LogP) is 4.79. The number of para-hydroxylation sites is 1. The van der Waals surface area contributed by atoms with E-state index >= 15 is 0 Å². The Bertz CT molecular complexity index is 1170. The molecule has 31 heavy (non-hydrogen) atoms. The third-order valence-electron chi connectivity index (χ3n) is 5.74. The van der Waals surface area contributed by atoms with Crippen LogP contribution in [0.4, 0.5) is 15.8 Å². The smallest absolute Gasteiger partial charge is 0.266 e. The minimum atomic E-state index is -0.943. The van der Waals surface area contributed by atoms with Gasteiger partial charge in [-0.15, -0.1) is 0 Å². The summed E-state index contributed by atoms with van der Waals surface area (Å²) in [6.45, 7) is 1.88. The molecule has 2 fully saturated rings. The number of carbonyl (C=O) groups is 2. The van der Waals surface area contributed by atoms with Gasteiger partial charge in [0.1, 0.15) is 11.7 Å². The van der Waals surface area contributed by atoms with Crippen molar-refractivity contribution in [2.45, 2.75) is 19.1 Å². The average molecular weight is 528 g/mol. The van der Waals surface area contributed by atoms with Gasteiger partial charge in [-0.25, -0.2) is 14.4 Å². The molecule has 2 amide bonds. The Morgan fingerprint density at radius 2 is 1.65 bits per heavy atom. The molecule has 2 aliphatic rings. The molecule has 0 bridgehead atoms. The van der Waals surface area contributed by atoms with Crippen molar-refractivity contribution >= 4 is 45.8 Å². The van der Waals surface area contributed by atoms with Crippen LogP contribution in [-0.4, -0.2) is 17.9 Å². The molecule has 0 aromatic heterocycles. The zero-order valence-electron chi connectivity index (χ0n) is 16.5. The van der Waals surface area contributed by atoms with Gasteiger partial charge in [-0.1, -0.05) is 30.3 Å². The summed E-state index contributed by atoms with van der Waals surface area (Å²) < 4.78 is 14.6. The van der Waals surface area contributed by atoms with E-state index in [4.69, 9.17) is 4.84 Å². The third-order valence-corrected chi connectivity index (χ3v) is 6.41. The summed E-state index contributed by atoms with van der Waals surface area (Å²) in [4.78, 5) is 34.2. The van der Waals surface area contributed by atoms with Gasteiger partial charge in [0.05, 0.1) is 17.4 Å². The van der Waals surface area contributed by atoms with Crippen LogP contribution in [0.1, 0.15) is 17.2 Å². The molecule has 2 heterocycles. The number of imide groups is 1. The first-order valence-corrected chi connectivity index (χ1v) is 10.9. The summed E-state index contributed by atoms with van der Waals surface area (Å²) in [5, 5.41) is 1.61. The molecular formula is C24H18FIN2O3. The number of hydrogen-bond acceptors (Lipinski definition) is 4. The lowest BCUT2D eigenvalue weighted by Gasteiger charge is -2.29. The molecular weight excluding hydrogens is 510 g/mol. The van der Waals surface area contributed by atoms with E-state index in [1.165, 1.54) is 17.0 Å². The molecule has 5 rings (SSSR count). The van der Waals surface area contributed by atoms with Gasteiger partial charge in [0, 0.05) is 3.57 Å². The number of hydrogen-bond donors (Lipinski definition) is 0.